The zero-order valence-corrected chi connectivity index (χ0v) is 14.9. The van der Waals surface area contributed by atoms with Gasteiger partial charge in [0.05, 0.1) is 11.4 Å². The van der Waals surface area contributed by atoms with Crippen LogP contribution in [-0.2, 0) is 27.6 Å². The molecule has 0 aliphatic carbocycles. The van der Waals surface area contributed by atoms with Gasteiger partial charge in [-0.05, 0) is 24.3 Å². The summed E-state index contributed by atoms with van der Waals surface area (Å²) >= 11 is 0. The third-order valence-corrected chi connectivity index (χ3v) is 2.89. The minimum atomic E-state index is -1.50. The van der Waals surface area contributed by atoms with Crippen molar-refractivity contribution in [2.75, 3.05) is 0 Å². The molecule has 1 aromatic heterocycles. The third kappa shape index (κ3) is 9.28. The monoisotopic (exact) mass is 409 g/mol. The van der Waals surface area contributed by atoms with Crippen LogP contribution in [0.4, 0.5) is 0 Å². The van der Waals surface area contributed by atoms with Gasteiger partial charge in [-0.2, -0.15) is 0 Å². The summed E-state index contributed by atoms with van der Waals surface area (Å²) in [6, 6.07) is 10.9. The van der Waals surface area contributed by atoms with E-state index in [0.29, 0.717) is 11.4 Å². The number of hydrogen-bond acceptors (Lipinski definition) is 10. The van der Waals surface area contributed by atoms with Crippen LogP contribution in [0, 0.1) is 20.2 Å². The van der Waals surface area contributed by atoms with Crippen molar-refractivity contribution in [2.45, 2.75) is 20.1 Å². The van der Waals surface area contributed by atoms with E-state index in [4.69, 9.17) is 24.8 Å². The number of aromatic nitrogens is 1. The SMILES string of the molecule is CC(=O)Oc1ccccc1C(=O)OCc1cccc(CO[N+](=O)[O-])n1.O=[N+]([O-])O. The molecule has 0 saturated carbocycles. The van der Waals surface area contributed by atoms with Crippen molar-refractivity contribution in [3.8, 4) is 5.75 Å². The second kappa shape index (κ2) is 11.4. The third-order valence-electron chi connectivity index (χ3n) is 2.89. The molecule has 1 aromatic carbocycles. The topological polar surface area (TPSA) is 181 Å². The lowest BCUT2D eigenvalue weighted by molar-refractivity contribution is -0.763. The fourth-order valence-corrected chi connectivity index (χ4v) is 1.91. The first kappa shape index (κ1) is 22.8. The maximum Gasteiger partial charge on any atom is 0.342 e. The van der Waals surface area contributed by atoms with Crippen molar-refractivity contribution in [1.82, 2.24) is 4.98 Å². The van der Waals surface area contributed by atoms with Crippen molar-refractivity contribution >= 4 is 11.9 Å². The highest BCUT2D eigenvalue weighted by atomic mass is 16.9. The molecule has 0 saturated heterocycles. The van der Waals surface area contributed by atoms with E-state index in [2.05, 4.69) is 9.82 Å². The van der Waals surface area contributed by atoms with Gasteiger partial charge in [0.1, 0.15) is 24.5 Å². The molecule has 0 atom stereocenters. The Bertz CT molecular complexity index is 883. The van der Waals surface area contributed by atoms with Gasteiger partial charge >= 0.3 is 11.9 Å². The zero-order chi connectivity index (χ0) is 21.8. The first-order chi connectivity index (χ1) is 13.7. The number of esters is 2. The van der Waals surface area contributed by atoms with Crippen molar-refractivity contribution in [1.29, 1.82) is 0 Å². The van der Waals surface area contributed by atoms with Gasteiger partial charge in [-0.3, -0.25) is 9.78 Å². The highest BCUT2D eigenvalue weighted by Crippen LogP contribution is 2.19. The van der Waals surface area contributed by atoms with Crippen LogP contribution in [0.2, 0.25) is 0 Å². The molecule has 1 heterocycles. The summed E-state index contributed by atoms with van der Waals surface area (Å²) in [5, 5.41) is 22.9. The Morgan fingerprint density at radius 1 is 1.03 bits per heavy atom. The number of nitrogens with zero attached hydrogens (tertiary/aromatic N) is 3. The molecule has 0 radical (unpaired) electrons. The molecule has 0 aliphatic heterocycles. The molecule has 0 fully saturated rings. The summed E-state index contributed by atoms with van der Waals surface area (Å²) < 4.78 is 10.1. The summed E-state index contributed by atoms with van der Waals surface area (Å²) in [6.45, 7) is 0.772. The van der Waals surface area contributed by atoms with E-state index in [1.807, 2.05) is 0 Å². The van der Waals surface area contributed by atoms with E-state index in [9.17, 15) is 19.7 Å². The number of para-hydroxylation sites is 1. The lowest BCUT2D eigenvalue weighted by Gasteiger charge is -2.09. The molecule has 29 heavy (non-hydrogen) atoms. The average molecular weight is 409 g/mol. The number of pyridine rings is 1. The zero-order valence-electron chi connectivity index (χ0n) is 14.9. The van der Waals surface area contributed by atoms with E-state index in [-0.39, 0.29) is 24.5 Å². The minimum Gasteiger partial charge on any atom is -0.455 e. The number of carbonyl (C=O) groups is 2. The van der Waals surface area contributed by atoms with Crippen LogP contribution < -0.4 is 4.74 Å². The van der Waals surface area contributed by atoms with E-state index >= 15 is 0 Å². The normalized spacial score (nSPS) is 9.41. The number of hydrogen-bond donors (Lipinski definition) is 1. The van der Waals surface area contributed by atoms with Gasteiger partial charge in [0.2, 0.25) is 0 Å². The molecule has 0 unspecified atom stereocenters. The van der Waals surface area contributed by atoms with Gasteiger partial charge in [-0.25, -0.2) is 4.79 Å². The van der Waals surface area contributed by atoms with E-state index in [1.54, 1.807) is 30.3 Å². The van der Waals surface area contributed by atoms with Gasteiger partial charge in [0, 0.05) is 6.92 Å². The number of carbonyl (C=O) groups excluding carboxylic acids is 2. The molecule has 0 bridgehead atoms. The van der Waals surface area contributed by atoms with Crippen molar-refractivity contribution in [3.05, 3.63) is 79.6 Å². The second-order valence-corrected chi connectivity index (χ2v) is 5.02. The average Bonchev–Trinajstić information content (AvgIpc) is 2.64. The van der Waals surface area contributed by atoms with Gasteiger partial charge < -0.3 is 19.5 Å². The Morgan fingerprint density at radius 3 is 2.21 bits per heavy atom. The van der Waals surface area contributed by atoms with E-state index < -0.39 is 22.1 Å². The molecule has 2 aromatic rings. The van der Waals surface area contributed by atoms with Crippen LogP contribution in [0.15, 0.2) is 42.5 Å². The fraction of sp³-hybridized carbons (Fsp3) is 0.188. The molecule has 0 aliphatic rings. The van der Waals surface area contributed by atoms with E-state index in [1.165, 1.54) is 19.1 Å². The Kier molecular flexibility index (Phi) is 8.97. The number of benzene rings is 1. The maximum absolute atomic E-state index is 12.2. The predicted molar refractivity (Wildman–Crippen MR) is 91.7 cm³/mol. The minimum absolute atomic E-state index is 0.0982. The van der Waals surface area contributed by atoms with E-state index in [0.717, 1.165) is 0 Å². The van der Waals surface area contributed by atoms with Gasteiger partial charge in [-0.15, -0.1) is 20.2 Å². The Morgan fingerprint density at radius 2 is 1.62 bits per heavy atom. The highest BCUT2D eigenvalue weighted by Gasteiger charge is 2.15. The molecule has 13 nitrogen and oxygen atoms in total. The Labute approximate surface area is 162 Å². The molecule has 13 heteroatoms. The fourth-order valence-electron chi connectivity index (χ4n) is 1.91. The van der Waals surface area contributed by atoms with Crippen LogP contribution in [0.25, 0.3) is 0 Å². The van der Waals surface area contributed by atoms with Crippen LogP contribution in [-0.4, -0.2) is 32.3 Å². The number of rotatable bonds is 7. The quantitative estimate of drug-likeness (QED) is 0.304. The standard InChI is InChI=1S/C16H14N2O7.HNO3/c1-11(19)25-15-8-3-2-7-14(15)16(20)23-9-12-5-4-6-13(17-12)10-24-18(21)22;2-1(3)4/h2-8H,9-10H2,1H3;(H,2,3,4). The first-order valence-electron chi connectivity index (χ1n) is 7.69. The highest BCUT2D eigenvalue weighted by molar-refractivity contribution is 5.93. The molecular formula is C16H15N3O10. The molecule has 0 spiro atoms. The van der Waals surface area contributed by atoms with Gasteiger partial charge in [0.15, 0.2) is 0 Å². The largest absolute Gasteiger partial charge is 0.455 e. The lowest BCUT2D eigenvalue weighted by atomic mass is 10.2. The summed E-state index contributed by atoms with van der Waals surface area (Å²) in [4.78, 5) is 50.1. The molecule has 1 N–H and O–H groups in total. The molecule has 0 amide bonds. The van der Waals surface area contributed by atoms with Crippen molar-refractivity contribution in [2.24, 2.45) is 0 Å². The summed E-state index contributed by atoms with van der Waals surface area (Å²) in [6.07, 6.45) is 0. The Hall–Kier alpha value is -4.29. The van der Waals surface area contributed by atoms with Gasteiger partial charge in [-0.1, -0.05) is 18.2 Å². The van der Waals surface area contributed by atoms with Crippen molar-refractivity contribution < 1.29 is 39.3 Å². The summed E-state index contributed by atoms with van der Waals surface area (Å²) in [7, 11) is 0. The number of ether oxygens (including phenoxy) is 2. The predicted octanol–water partition coefficient (Wildman–Crippen LogP) is 1.72. The first-order valence-corrected chi connectivity index (χ1v) is 7.69. The molecule has 154 valence electrons. The summed E-state index contributed by atoms with van der Waals surface area (Å²) in [5.74, 6) is -1.15. The second-order valence-electron chi connectivity index (χ2n) is 5.02. The van der Waals surface area contributed by atoms with Crippen molar-refractivity contribution in [3.63, 3.8) is 0 Å². The molecular weight excluding hydrogens is 394 g/mol. The van der Waals surface area contributed by atoms with Crippen LogP contribution in [0.3, 0.4) is 0 Å². The summed E-state index contributed by atoms with van der Waals surface area (Å²) in [5.41, 5.74) is 0.818. The van der Waals surface area contributed by atoms with Crippen LogP contribution >= 0.6 is 0 Å². The Balaban J connectivity index is 0.000000960. The lowest BCUT2D eigenvalue weighted by Crippen LogP contribution is -2.11. The van der Waals surface area contributed by atoms with Crippen LogP contribution in [0.1, 0.15) is 28.7 Å². The van der Waals surface area contributed by atoms with Crippen LogP contribution in [0.5, 0.6) is 5.75 Å². The maximum atomic E-state index is 12.2. The molecule has 2 rings (SSSR count). The smallest absolute Gasteiger partial charge is 0.342 e. The van der Waals surface area contributed by atoms with Gasteiger partial charge in [0.25, 0.3) is 10.2 Å².